The molecule has 2 aromatic heterocycles. The lowest BCUT2D eigenvalue weighted by Crippen LogP contribution is -1.80. The highest BCUT2D eigenvalue weighted by Gasteiger charge is 2.28. The molecule has 66 valence electrons. The van der Waals surface area contributed by atoms with Crippen LogP contribution in [0.2, 0.25) is 0 Å². The van der Waals surface area contributed by atoms with Crippen LogP contribution in [-0.2, 0) is 0 Å². The number of fused-ring (bicyclic) bond motifs is 1. The van der Waals surface area contributed by atoms with Gasteiger partial charge in [-0.05, 0) is 47.6 Å². The second-order valence-electron chi connectivity index (χ2n) is 3.53. The summed E-state index contributed by atoms with van der Waals surface area (Å²) in [5.41, 5.74) is 2.43. The summed E-state index contributed by atoms with van der Waals surface area (Å²) in [4.78, 5) is 7.72. The van der Waals surface area contributed by atoms with Crippen molar-refractivity contribution in [2.24, 2.45) is 0 Å². The number of nitrogens with one attached hydrogen (secondary N) is 1. The van der Waals surface area contributed by atoms with E-state index in [1.165, 1.54) is 27.5 Å². The smallest absolute Gasteiger partial charge is 0.138 e. The molecule has 2 heterocycles. The van der Waals surface area contributed by atoms with Crippen LogP contribution < -0.4 is 0 Å². The standard InChI is InChI=1S/C10H9IN2/c11-8-7-2-1-5-12-10(7)13-9(8)6-3-4-6/h1-2,5-6H,3-4H2,(H,12,13). The third-order valence-electron chi connectivity index (χ3n) is 2.52. The third kappa shape index (κ3) is 1.17. The molecule has 1 aliphatic carbocycles. The summed E-state index contributed by atoms with van der Waals surface area (Å²) in [6.07, 6.45) is 4.51. The zero-order valence-electron chi connectivity index (χ0n) is 7.05. The van der Waals surface area contributed by atoms with Crippen molar-refractivity contribution >= 4 is 33.6 Å². The number of hydrogen-bond donors (Lipinski definition) is 1. The van der Waals surface area contributed by atoms with Crippen LogP contribution in [0.15, 0.2) is 18.3 Å². The van der Waals surface area contributed by atoms with E-state index in [1.807, 2.05) is 12.3 Å². The van der Waals surface area contributed by atoms with Crippen LogP contribution in [0, 0.1) is 3.57 Å². The Hall–Kier alpha value is -0.580. The highest BCUT2D eigenvalue weighted by Crippen LogP contribution is 2.43. The van der Waals surface area contributed by atoms with E-state index in [0.717, 1.165) is 11.6 Å². The predicted octanol–water partition coefficient (Wildman–Crippen LogP) is 3.04. The van der Waals surface area contributed by atoms with E-state index in [9.17, 15) is 0 Å². The Morgan fingerprint density at radius 2 is 2.31 bits per heavy atom. The number of hydrogen-bond acceptors (Lipinski definition) is 1. The lowest BCUT2D eigenvalue weighted by Gasteiger charge is -1.91. The Bertz CT molecular complexity index is 457. The van der Waals surface area contributed by atoms with Crippen LogP contribution in [0.25, 0.3) is 11.0 Å². The lowest BCUT2D eigenvalue weighted by atomic mass is 10.2. The average molecular weight is 284 g/mol. The molecule has 3 heteroatoms. The first kappa shape index (κ1) is 7.79. The fraction of sp³-hybridized carbons (Fsp3) is 0.300. The zero-order chi connectivity index (χ0) is 8.84. The molecule has 0 amide bonds. The number of rotatable bonds is 1. The van der Waals surface area contributed by atoms with Crippen LogP contribution in [0.1, 0.15) is 24.5 Å². The first-order valence-corrected chi connectivity index (χ1v) is 5.56. The van der Waals surface area contributed by atoms with Gasteiger partial charge in [-0.1, -0.05) is 0 Å². The molecule has 2 nitrogen and oxygen atoms in total. The molecule has 0 aromatic carbocycles. The van der Waals surface area contributed by atoms with Crippen molar-refractivity contribution in [3.05, 3.63) is 27.6 Å². The van der Waals surface area contributed by atoms with Crippen LogP contribution in [0.4, 0.5) is 0 Å². The van der Waals surface area contributed by atoms with E-state index < -0.39 is 0 Å². The van der Waals surface area contributed by atoms with Gasteiger partial charge in [0.25, 0.3) is 0 Å². The van der Waals surface area contributed by atoms with Gasteiger partial charge in [-0.15, -0.1) is 0 Å². The van der Waals surface area contributed by atoms with Crippen molar-refractivity contribution in [3.63, 3.8) is 0 Å². The van der Waals surface area contributed by atoms with Gasteiger partial charge < -0.3 is 4.98 Å². The minimum absolute atomic E-state index is 0.779. The molecule has 1 N–H and O–H groups in total. The molecule has 0 spiro atoms. The minimum atomic E-state index is 0.779. The first-order chi connectivity index (χ1) is 6.36. The predicted molar refractivity (Wildman–Crippen MR) is 60.8 cm³/mol. The van der Waals surface area contributed by atoms with Crippen LogP contribution in [0.5, 0.6) is 0 Å². The number of aromatic nitrogens is 2. The second kappa shape index (κ2) is 2.70. The topological polar surface area (TPSA) is 28.7 Å². The number of H-pyrrole nitrogens is 1. The number of pyridine rings is 1. The van der Waals surface area contributed by atoms with Crippen molar-refractivity contribution in [3.8, 4) is 0 Å². The maximum Gasteiger partial charge on any atom is 0.138 e. The summed E-state index contributed by atoms with van der Waals surface area (Å²) < 4.78 is 1.36. The molecule has 2 aromatic rings. The Morgan fingerprint density at radius 1 is 1.46 bits per heavy atom. The van der Waals surface area contributed by atoms with Crippen molar-refractivity contribution in [1.29, 1.82) is 0 Å². The van der Waals surface area contributed by atoms with Crippen molar-refractivity contribution in [1.82, 2.24) is 9.97 Å². The van der Waals surface area contributed by atoms with Gasteiger partial charge in [0.1, 0.15) is 5.65 Å². The molecule has 3 rings (SSSR count). The molecule has 0 atom stereocenters. The number of aromatic amines is 1. The molecule has 1 saturated carbocycles. The average Bonchev–Trinajstić information content (AvgIpc) is 2.94. The fourth-order valence-corrected chi connectivity index (χ4v) is 2.67. The fourth-order valence-electron chi connectivity index (χ4n) is 1.66. The molecular weight excluding hydrogens is 275 g/mol. The van der Waals surface area contributed by atoms with Crippen LogP contribution in [0.3, 0.4) is 0 Å². The third-order valence-corrected chi connectivity index (χ3v) is 3.68. The maximum absolute atomic E-state index is 4.31. The maximum atomic E-state index is 4.31. The molecule has 1 fully saturated rings. The molecule has 0 saturated heterocycles. The van der Waals surface area contributed by atoms with E-state index in [4.69, 9.17) is 0 Å². The van der Waals surface area contributed by atoms with Gasteiger partial charge in [0, 0.05) is 26.8 Å². The van der Waals surface area contributed by atoms with Gasteiger partial charge in [0.2, 0.25) is 0 Å². The van der Waals surface area contributed by atoms with E-state index in [-0.39, 0.29) is 0 Å². The van der Waals surface area contributed by atoms with Gasteiger partial charge >= 0.3 is 0 Å². The van der Waals surface area contributed by atoms with Gasteiger partial charge in [-0.25, -0.2) is 4.98 Å². The summed E-state index contributed by atoms with van der Waals surface area (Å²) in [5, 5.41) is 1.27. The summed E-state index contributed by atoms with van der Waals surface area (Å²) in [6, 6.07) is 4.13. The van der Waals surface area contributed by atoms with E-state index >= 15 is 0 Å². The normalized spacial score (nSPS) is 16.7. The van der Waals surface area contributed by atoms with Crippen molar-refractivity contribution in [2.75, 3.05) is 0 Å². The second-order valence-corrected chi connectivity index (χ2v) is 4.61. The SMILES string of the molecule is Ic1c(C2CC2)[nH]c2ncccc12. The summed E-state index contributed by atoms with van der Waals surface area (Å²) in [6.45, 7) is 0. The van der Waals surface area contributed by atoms with Crippen LogP contribution >= 0.6 is 22.6 Å². The number of halogens is 1. The molecule has 13 heavy (non-hydrogen) atoms. The molecule has 0 aliphatic heterocycles. The minimum Gasteiger partial charge on any atom is -0.342 e. The highest BCUT2D eigenvalue weighted by molar-refractivity contribution is 14.1. The number of nitrogens with zero attached hydrogens (tertiary/aromatic N) is 1. The van der Waals surface area contributed by atoms with E-state index in [2.05, 4.69) is 38.6 Å². The van der Waals surface area contributed by atoms with Crippen LogP contribution in [-0.4, -0.2) is 9.97 Å². The van der Waals surface area contributed by atoms with E-state index in [0.29, 0.717) is 0 Å². The monoisotopic (exact) mass is 284 g/mol. The van der Waals surface area contributed by atoms with Gasteiger partial charge in [-0.2, -0.15) is 0 Å². The Kier molecular flexibility index (Phi) is 1.62. The summed E-state index contributed by atoms with van der Waals surface area (Å²) >= 11 is 2.42. The largest absolute Gasteiger partial charge is 0.342 e. The highest BCUT2D eigenvalue weighted by atomic mass is 127. The summed E-state index contributed by atoms with van der Waals surface area (Å²) in [5.74, 6) is 0.779. The molecule has 1 aliphatic rings. The lowest BCUT2D eigenvalue weighted by molar-refractivity contribution is 1.04. The molecule has 0 bridgehead atoms. The summed E-state index contributed by atoms with van der Waals surface area (Å²) in [7, 11) is 0. The van der Waals surface area contributed by atoms with Crippen molar-refractivity contribution < 1.29 is 0 Å². The molecule has 0 unspecified atom stereocenters. The zero-order valence-corrected chi connectivity index (χ0v) is 9.21. The first-order valence-electron chi connectivity index (χ1n) is 4.48. The van der Waals surface area contributed by atoms with E-state index in [1.54, 1.807) is 0 Å². The Labute approximate surface area is 89.9 Å². The van der Waals surface area contributed by atoms with Gasteiger partial charge in [-0.3, -0.25) is 0 Å². The van der Waals surface area contributed by atoms with Crippen molar-refractivity contribution in [2.45, 2.75) is 18.8 Å². The quantitative estimate of drug-likeness (QED) is 0.801. The Balaban J connectivity index is 2.30. The Morgan fingerprint density at radius 3 is 3.00 bits per heavy atom. The molecule has 0 radical (unpaired) electrons. The van der Waals surface area contributed by atoms with Gasteiger partial charge in [0.15, 0.2) is 0 Å². The van der Waals surface area contributed by atoms with Gasteiger partial charge in [0.05, 0.1) is 0 Å². The molecular formula is C10H9IN2.